The Balaban J connectivity index is 4.62. The molecule has 65 heavy (non-hydrogen) atoms. The summed E-state index contributed by atoms with van der Waals surface area (Å²) >= 11 is 0. The molecule has 3 N–H and O–H groups in total. The molecule has 3 atom stereocenters. The number of carbonyl (C=O) groups is 2. The zero-order chi connectivity index (χ0) is 47.4. The maximum Gasteiger partial charge on any atom is 0.306 e. The maximum absolute atomic E-state index is 13.2. The smallest absolute Gasteiger partial charge is 0.306 e. The van der Waals surface area contributed by atoms with Crippen molar-refractivity contribution in [2.45, 2.75) is 296 Å². The van der Waals surface area contributed by atoms with Gasteiger partial charge >= 0.3 is 5.97 Å². The summed E-state index contributed by atoms with van der Waals surface area (Å²) in [6.45, 7) is 6.41. The van der Waals surface area contributed by atoms with Gasteiger partial charge in [0.1, 0.15) is 6.10 Å². The molecular weight excluding hydrogens is 803 g/mol. The molecule has 6 nitrogen and oxygen atoms in total. The molecule has 6 heteroatoms. The number of ether oxygens (including phenoxy) is 1. The number of aliphatic hydroxyl groups excluding tert-OH is 2. The Hall–Kier alpha value is -2.44. The van der Waals surface area contributed by atoms with Crippen LogP contribution < -0.4 is 5.32 Å². The van der Waals surface area contributed by atoms with Crippen LogP contribution in [0.25, 0.3) is 0 Å². The molecule has 0 bridgehead atoms. The van der Waals surface area contributed by atoms with E-state index in [-0.39, 0.29) is 24.9 Å². The van der Waals surface area contributed by atoms with Gasteiger partial charge in [-0.25, -0.2) is 0 Å². The fourth-order valence-corrected chi connectivity index (χ4v) is 8.46. The summed E-state index contributed by atoms with van der Waals surface area (Å²) in [6, 6.07) is -0.716. The SMILES string of the molecule is CCC/C=C/C=C/C=C/C=C/C=C/CCCCCC(CC(=O)NC(CO)C(O)CCCCCCCCCCCCCCCCCC)OC(=O)CCCCCCCCCCCCCCCC. The highest BCUT2D eigenvalue weighted by Gasteiger charge is 2.24. The van der Waals surface area contributed by atoms with Crippen molar-refractivity contribution in [2.75, 3.05) is 6.61 Å². The van der Waals surface area contributed by atoms with Crippen molar-refractivity contribution in [3.05, 3.63) is 60.8 Å². The molecule has 0 spiro atoms. The van der Waals surface area contributed by atoms with Crippen LogP contribution in [0.5, 0.6) is 0 Å². The van der Waals surface area contributed by atoms with Crippen molar-refractivity contribution in [2.24, 2.45) is 0 Å². The van der Waals surface area contributed by atoms with Crippen molar-refractivity contribution in [3.63, 3.8) is 0 Å². The number of nitrogens with one attached hydrogen (secondary N) is 1. The third-order valence-electron chi connectivity index (χ3n) is 12.7. The zero-order valence-corrected chi connectivity index (χ0v) is 43.1. The number of carbonyl (C=O) groups excluding carboxylic acids is 2. The van der Waals surface area contributed by atoms with E-state index in [4.69, 9.17) is 4.74 Å². The molecule has 3 unspecified atom stereocenters. The molecule has 0 fully saturated rings. The molecule has 378 valence electrons. The van der Waals surface area contributed by atoms with Gasteiger partial charge in [-0.3, -0.25) is 9.59 Å². The average Bonchev–Trinajstić information content (AvgIpc) is 3.30. The van der Waals surface area contributed by atoms with Crippen molar-refractivity contribution in [1.82, 2.24) is 5.32 Å². The van der Waals surface area contributed by atoms with Crippen LogP contribution in [0.3, 0.4) is 0 Å². The van der Waals surface area contributed by atoms with Gasteiger partial charge in [0.2, 0.25) is 5.91 Å². The van der Waals surface area contributed by atoms with E-state index in [0.29, 0.717) is 19.3 Å². The third kappa shape index (κ3) is 47.8. The maximum atomic E-state index is 13.2. The first kappa shape index (κ1) is 62.6. The van der Waals surface area contributed by atoms with Crippen molar-refractivity contribution in [1.29, 1.82) is 0 Å². The molecular formula is C59H107NO5. The van der Waals surface area contributed by atoms with Crippen molar-refractivity contribution >= 4 is 11.9 Å². The van der Waals surface area contributed by atoms with Gasteiger partial charge in [0, 0.05) is 6.42 Å². The number of unbranched alkanes of at least 4 members (excludes halogenated alkanes) is 32. The second-order valence-corrected chi connectivity index (χ2v) is 19.1. The molecule has 0 rings (SSSR count). The van der Waals surface area contributed by atoms with Crippen LogP contribution in [-0.4, -0.2) is 46.9 Å². The van der Waals surface area contributed by atoms with E-state index >= 15 is 0 Å². The quantitative estimate of drug-likeness (QED) is 0.0321. The first-order valence-electron chi connectivity index (χ1n) is 28.1. The number of allylic oxidation sites excluding steroid dienone is 10. The minimum Gasteiger partial charge on any atom is -0.462 e. The Kier molecular flexibility index (Phi) is 50.6. The average molecular weight is 911 g/mol. The number of hydrogen-bond donors (Lipinski definition) is 3. The number of hydrogen-bond acceptors (Lipinski definition) is 5. The fourth-order valence-electron chi connectivity index (χ4n) is 8.46. The predicted octanol–water partition coefficient (Wildman–Crippen LogP) is 17.2. The zero-order valence-electron chi connectivity index (χ0n) is 43.1. The number of rotatable bonds is 50. The van der Waals surface area contributed by atoms with Crippen molar-refractivity contribution < 1.29 is 24.5 Å². The van der Waals surface area contributed by atoms with Gasteiger partial charge in [0.05, 0.1) is 25.2 Å². The predicted molar refractivity (Wildman–Crippen MR) is 282 cm³/mol. The summed E-state index contributed by atoms with van der Waals surface area (Å²) in [7, 11) is 0. The lowest BCUT2D eigenvalue weighted by Crippen LogP contribution is -2.46. The first-order valence-corrected chi connectivity index (χ1v) is 28.1. The minimum atomic E-state index is -0.801. The topological polar surface area (TPSA) is 95.9 Å². The van der Waals surface area contributed by atoms with E-state index in [9.17, 15) is 19.8 Å². The Morgan fingerprint density at radius 1 is 0.446 bits per heavy atom. The van der Waals surface area contributed by atoms with Crippen LogP contribution in [-0.2, 0) is 14.3 Å². The Morgan fingerprint density at radius 3 is 1.25 bits per heavy atom. The molecule has 0 aromatic rings. The van der Waals surface area contributed by atoms with E-state index in [1.54, 1.807) is 0 Å². The number of esters is 1. The van der Waals surface area contributed by atoms with E-state index in [2.05, 4.69) is 50.4 Å². The largest absolute Gasteiger partial charge is 0.462 e. The Morgan fingerprint density at radius 2 is 0.815 bits per heavy atom. The second kappa shape index (κ2) is 52.5. The van der Waals surface area contributed by atoms with Crippen LogP contribution in [0.2, 0.25) is 0 Å². The standard InChI is InChI=1S/C59H107NO5/c1-4-7-10-13-16-19-22-25-28-30-32-35-38-41-44-47-50-55(65-59(64)52-49-46-43-40-37-34-27-24-21-18-15-12-9-6-3)53-58(63)60-56(54-61)57(62)51-48-45-42-39-36-33-31-29-26-23-20-17-14-11-8-5-2/h10,13,16,19,22,25,28,30,32,35,55-57,61-62H,4-9,11-12,14-15,17-18,20-21,23-24,26-27,29,31,33-34,36-54H2,1-3H3,(H,60,63)/b13-10+,19-16+,25-22+,30-28+,35-32+. The van der Waals surface area contributed by atoms with E-state index in [0.717, 1.165) is 70.6 Å². The van der Waals surface area contributed by atoms with Crippen LogP contribution in [0, 0.1) is 0 Å². The normalized spacial score (nSPS) is 13.6. The van der Waals surface area contributed by atoms with Crippen LogP contribution >= 0.6 is 0 Å². The van der Waals surface area contributed by atoms with Gasteiger partial charge in [0.25, 0.3) is 0 Å². The van der Waals surface area contributed by atoms with E-state index in [1.807, 2.05) is 36.5 Å². The van der Waals surface area contributed by atoms with Gasteiger partial charge in [-0.15, -0.1) is 0 Å². The summed E-state index contributed by atoms with van der Waals surface area (Å²) in [6.07, 6.45) is 65.6. The molecule has 0 aromatic carbocycles. The highest BCUT2D eigenvalue weighted by Crippen LogP contribution is 2.18. The summed E-state index contributed by atoms with van der Waals surface area (Å²) in [4.78, 5) is 26.2. The lowest BCUT2D eigenvalue weighted by molar-refractivity contribution is -0.151. The van der Waals surface area contributed by atoms with Crippen LogP contribution in [0.1, 0.15) is 278 Å². The van der Waals surface area contributed by atoms with Crippen LogP contribution in [0.15, 0.2) is 60.8 Å². The third-order valence-corrected chi connectivity index (χ3v) is 12.7. The second-order valence-electron chi connectivity index (χ2n) is 19.1. The van der Waals surface area contributed by atoms with E-state index < -0.39 is 18.2 Å². The monoisotopic (exact) mass is 910 g/mol. The number of amides is 1. The lowest BCUT2D eigenvalue weighted by atomic mass is 10.0. The molecule has 0 aliphatic carbocycles. The first-order chi connectivity index (χ1) is 32.0. The van der Waals surface area contributed by atoms with Gasteiger partial charge < -0.3 is 20.3 Å². The highest BCUT2D eigenvalue weighted by molar-refractivity contribution is 5.77. The molecule has 1 amide bonds. The summed E-state index contributed by atoms with van der Waals surface area (Å²) in [5.74, 6) is -0.507. The van der Waals surface area contributed by atoms with E-state index in [1.165, 1.54) is 161 Å². The van der Waals surface area contributed by atoms with Crippen molar-refractivity contribution in [3.8, 4) is 0 Å². The number of aliphatic hydroxyl groups is 2. The van der Waals surface area contributed by atoms with Gasteiger partial charge in [-0.2, -0.15) is 0 Å². The summed E-state index contributed by atoms with van der Waals surface area (Å²) < 4.78 is 5.94. The summed E-state index contributed by atoms with van der Waals surface area (Å²) in [5.41, 5.74) is 0. The highest BCUT2D eigenvalue weighted by atomic mass is 16.5. The van der Waals surface area contributed by atoms with Gasteiger partial charge in [0.15, 0.2) is 0 Å². The molecule has 0 aromatic heterocycles. The Bertz CT molecular complexity index is 1160. The van der Waals surface area contributed by atoms with Gasteiger partial charge in [-0.1, -0.05) is 281 Å². The summed E-state index contributed by atoms with van der Waals surface area (Å²) in [5, 5.41) is 23.9. The van der Waals surface area contributed by atoms with Gasteiger partial charge in [-0.05, 0) is 44.9 Å². The Labute approximate surface area is 403 Å². The molecule has 0 radical (unpaired) electrons. The minimum absolute atomic E-state index is 0.0508. The molecule has 0 saturated carbocycles. The lowest BCUT2D eigenvalue weighted by Gasteiger charge is -2.24. The molecule has 0 aliphatic heterocycles. The molecule has 0 saturated heterocycles. The van der Waals surface area contributed by atoms with Crippen LogP contribution in [0.4, 0.5) is 0 Å². The fraction of sp³-hybridized carbons (Fsp3) is 0.797. The molecule has 0 heterocycles. The molecule has 0 aliphatic rings.